The highest BCUT2D eigenvalue weighted by molar-refractivity contribution is 6.05. The zero-order valence-corrected chi connectivity index (χ0v) is 10.3. The largest absolute Gasteiger partial charge is 0.370 e. The van der Waals surface area contributed by atoms with Crippen molar-refractivity contribution in [3.63, 3.8) is 0 Å². The maximum Gasteiger partial charge on any atom is 0.194 e. The van der Waals surface area contributed by atoms with Gasteiger partial charge in [0.15, 0.2) is 5.78 Å². The summed E-state index contributed by atoms with van der Waals surface area (Å²) in [6.45, 7) is 0. The van der Waals surface area contributed by atoms with Crippen molar-refractivity contribution in [1.82, 2.24) is 4.98 Å². The van der Waals surface area contributed by atoms with E-state index in [-0.39, 0.29) is 5.78 Å². The molecule has 0 saturated heterocycles. The fraction of sp³-hybridized carbons (Fsp3) is 0.333. The van der Waals surface area contributed by atoms with Crippen LogP contribution in [-0.2, 0) is 4.74 Å². The predicted octanol–water partition coefficient (Wildman–Crippen LogP) is 2.99. The van der Waals surface area contributed by atoms with Crippen LogP contribution in [0.5, 0.6) is 0 Å². The Morgan fingerprint density at radius 3 is 2.83 bits per heavy atom. The molecule has 3 heteroatoms. The van der Waals surface area contributed by atoms with Crippen LogP contribution >= 0.6 is 0 Å². The number of rotatable bonds is 3. The van der Waals surface area contributed by atoms with Crippen molar-refractivity contribution in [2.45, 2.75) is 24.9 Å². The van der Waals surface area contributed by atoms with Crippen molar-refractivity contribution in [2.75, 3.05) is 7.11 Å². The van der Waals surface area contributed by atoms with Crippen LogP contribution in [0.2, 0.25) is 0 Å². The van der Waals surface area contributed by atoms with E-state index in [1.165, 1.54) is 0 Å². The lowest BCUT2D eigenvalue weighted by Gasteiger charge is -2.38. The van der Waals surface area contributed by atoms with Gasteiger partial charge in [-0.3, -0.25) is 9.78 Å². The lowest BCUT2D eigenvalue weighted by atomic mass is 9.75. The number of Topliss-reactive ketones (excluding diaryl/α,β-unsaturated/α-hetero) is 1. The number of aromatic nitrogens is 1. The van der Waals surface area contributed by atoms with Gasteiger partial charge in [0.2, 0.25) is 0 Å². The Balaban J connectivity index is 2.01. The Kier molecular flexibility index (Phi) is 2.63. The normalized spacial score (nSPS) is 17.4. The molecule has 0 radical (unpaired) electrons. The number of ether oxygens (including phenoxy) is 1. The summed E-state index contributed by atoms with van der Waals surface area (Å²) in [6.07, 6.45) is 4.45. The quantitative estimate of drug-likeness (QED) is 0.775. The monoisotopic (exact) mass is 241 g/mol. The molecule has 1 fully saturated rings. The molecule has 0 unspecified atom stereocenters. The van der Waals surface area contributed by atoms with Crippen molar-refractivity contribution in [1.29, 1.82) is 0 Å². The van der Waals surface area contributed by atoms with Gasteiger partial charge in [-0.1, -0.05) is 18.2 Å². The second-order valence-electron chi connectivity index (χ2n) is 4.79. The third-order valence-corrected chi connectivity index (χ3v) is 3.83. The number of benzene rings is 1. The number of carbonyl (C=O) groups excluding carboxylic acids is 1. The molecule has 0 spiro atoms. The van der Waals surface area contributed by atoms with Crippen LogP contribution in [0.15, 0.2) is 36.5 Å². The average Bonchev–Trinajstić information content (AvgIpc) is 2.37. The molecule has 0 amide bonds. The van der Waals surface area contributed by atoms with Gasteiger partial charge in [0, 0.05) is 24.3 Å². The van der Waals surface area contributed by atoms with Gasteiger partial charge in [-0.05, 0) is 31.4 Å². The minimum atomic E-state index is -0.581. The molecule has 1 heterocycles. The molecule has 3 nitrogen and oxygen atoms in total. The molecule has 1 aromatic heterocycles. The fourth-order valence-corrected chi connectivity index (χ4v) is 2.49. The zero-order chi connectivity index (χ0) is 12.6. The first-order valence-electron chi connectivity index (χ1n) is 6.20. The van der Waals surface area contributed by atoms with Crippen molar-refractivity contribution < 1.29 is 9.53 Å². The number of hydrogen-bond acceptors (Lipinski definition) is 3. The molecule has 18 heavy (non-hydrogen) atoms. The number of ketones is 1. The van der Waals surface area contributed by atoms with E-state index in [1.807, 2.05) is 30.3 Å². The van der Waals surface area contributed by atoms with Gasteiger partial charge in [0.25, 0.3) is 0 Å². The summed E-state index contributed by atoms with van der Waals surface area (Å²) < 4.78 is 5.43. The van der Waals surface area contributed by atoms with Crippen LogP contribution in [0.1, 0.15) is 29.6 Å². The SMILES string of the molecule is COC1(C(=O)c2ccc3cccnc3c2)CCC1. The highest BCUT2D eigenvalue weighted by Crippen LogP contribution is 2.38. The smallest absolute Gasteiger partial charge is 0.194 e. The van der Waals surface area contributed by atoms with Gasteiger partial charge in [0.05, 0.1) is 5.52 Å². The highest BCUT2D eigenvalue weighted by Gasteiger charge is 2.44. The summed E-state index contributed by atoms with van der Waals surface area (Å²) in [5.74, 6) is 0.0869. The van der Waals surface area contributed by atoms with E-state index in [0.29, 0.717) is 5.56 Å². The van der Waals surface area contributed by atoms with Crippen molar-refractivity contribution in [2.24, 2.45) is 0 Å². The molecule has 0 atom stereocenters. The van der Waals surface area contributed by atoms with E-state index in [2.05, 4.69) is 4.98 Å². The van der Waals surface area contributed by atoms with Gasteiger partial charge in [0.1, 0.15) is 5.60 Å². The first-order valence-corrected chi connectivity index (χ1v) is 6.20. The number of fused-ring (bicyclic) bond motifs is 1. The summed E-state index contributed by atoms with van der Waals surface area (Å²) in [7, 11) is 1.62. The molecule has 1 saturated carbocycles. The van der Waals surface area contributed by atoms with E-state index >= 15 is 0 Å². The van der Waals surface area contributed by atoms with E-state index in [9.17, 15) is 4.79 Å². The topological polar surface area (TPSA) is 39.2 Å². The Morgan fingerprint density at radius 1 is 1.33 bits per heavy atom. The Bertz CT molecular complexity index is 597. The summed E-state index contributed by atoms with van der Waals surface area (Å²) >= 11 is 0. The zero-order valence-electron chi connectivity index (χ0n) is 10.3. The lowest BCUT2D eigenvalue weighted by molar-refractivity contribution is -0.0448. The molecule has 0 aliphatic heterocycles. The molecule has 0 N–H and O–H groups in total. The average molecular weight is 241 g/mol. The van der Waals surface area contributed by atoms with Crippen LogP contribution in [0.4, 0.5) is 0 Å². The minimum Gasteiger partial charge on any atom is -0.370 e. The van der Waals surface area contributed by atoms with Gasteiger partial charge in [-0.15, -0.1) is 0 Å². The van der Waals surface area contributed by atoms with Crippen LogP contribution < -0.4 is 0 Å². The summed E-state index contributed by atoms with van der Waals surface area (Å²) in [5.41, 5.74) is 0.972. The number of pyridine rings is 1. The lowest BCUT2D eigenvalue weighted by Crippen LogP contribution is -2.47. The molecular formula is C15H15NO2. The molecule has 1 aromatic carbocycles. The Morgan fingerprint density at radius 2 is 2.17 bits per heavy atom. The number of methoxy groups -OCH3 is 1. The Hall–Kier alpha value is -1.74. The van der Waals surface area contributed by atoms with Gasteiger partial charge in [-0.2, -0.15) is 0 Å². The van der Waals surface area contributed by atoms with Crippen LogP contribution in [-0.4, -0.2) is 23.5 Å². The third kappa shape index (κ3) is 1.63. The van der Waals surface area contributed by atoms with Crippen LogP contribution in [0.25, 0.3) is 10.9 Å². The molecule has 3 rings (SSSR count). The fourth-order valence-electron chi connectivity index (χ4n) is 2.49. The second kappa shape index (κ2) is 4.18. The standard InChI is InChI=1S/C15H15NO2/c1-18-15(7-3-8-15)14(17)12-6-5-11-4-2-9-16-13(11)10-12/h2,4-6,9-10H,3,7-8H2,1H3. The molecular weight excluding hydrogens is 226 g/mol. The van der Waals surface area contributed by atoms with E-state index in [4.69, 9.17) is 4.74 Å². The van der Waals surface area contributed by atoms with Crippen LogP contribution in [0.3, 0.4) is 0 Å². The summed E-state index contributed by atoms with van der Waals surface area (Å²) in [4.78, 5) is 16.8. The van der Waals surface area contributed by atoms with Crippen molar-refractivity contribution in [3.8, 4) is 0 Å². The highest BCUT2D eigenvalue weighted by atomic mass is 16.5. The minimum absolute atomic E-state index is 0.0869. The summed E-state index contributed by atoms with van der Waals surface area (Å²) in [5, 5.41) is 1.05. The van der Waals surface area contributed by atoms with Crippen molar-refractivity contribution >= 4 is 16.7 Å². The maximum atomic E-state index is 12.5. The third-order valence-electron chi connectivity index (χ3n) is 3.83. The molecule has 2 aromatic rings. The van der Waals surface area contributed by atoms with Gasteiger partial charge in [-0.25, -0.2) is 0 Å². The van der Waals surface area contributed by atoms with E-state index < -0.39 is 5.60 Å². The maximum absolute atomic E-state index is 12.5. The van der Waals surface area contributed by atoms with Crippen LogP contribution in [0, 0.1) is 0 Å². The number of nitrogens with zero attached hydrogens (tertiary/aromatic N) is 1. The molecule has 1 aliphatic rings. The first kappa shape index (κ1) is 11.4. The first-order chi connectivity index (χ1) is 8.75. The summed E-state index contributed by atoms with van der Waals surface area (Å²) in [6, 6.07) is 9.55. The molecule has 92 valence electrons. The number of hydrogen-bond donors (Lipinski definition) is 0. The molecule has 1 aliphatic carbocycles. The van der Waals surface area contributed by atoms with Crippen molar-refractivity contribution in [3.05, 3.63) is 42.1 Å². The molecule has 0 bridgehead atoms. The van der Waals surface area contributed by atoms with Gasteiger partial charge < -0.3 is 4.74 Å². The second-order valence-corrected chi connectivity index (χ2v) is 4.79. The Labute approximate surface area is 106 Å². The van der Waals surface area contributed by atoms with Gasteiger partial charge >= 0.3 is 0 Å². The number of carbonyl (C=O) groups is 1. The predicted molar refractivity (Wildman–Crippen MR) is 69.7 cm³/mol. The van der Waals surface area contributed by atoms with E-state index in [1.54, 1.807) is 13.3 Å². The van der Waals surface area contributed by atoms with E-state index in [0.717, 1.165) is 30.2 Å².